The molecule has 1 saturated carbocycles. The number of rotatable bonds is 6. The van der Waals surface area contributed by atoms with Gasteiger partial charge in [-0.3, -0.25) is 14.8 Å². The summed E-state index contributed by atoms with van der Waals surface area (Å²) in [5.74, 6) is 1.99. The topological polar surface area (TPSA) is 73.9 Å². The quantitative estimate of drug-likeness (QED) is 0.833. The Labute approximate surface area is 125 Å². The van der Waals surface area contributed by atoms with Crippen LogP contribution in [0.15, 0.2) is 0 Å². The summed E-state index contributed by atoms with van der Waals surface area (Å²) in [4.78, 5) is 19.0. The Hall–Kier alpha value is -1.43. The van der Waals surface area contributed by atoms with E-state index in [9.17, 15) is 4.79 Å². The second-order valence-corrected chi connectivity index (χ2v) is 6.58. The SMILES string of the molecule is CC(C)C(CNC(=O)c1n[nH]c(C2CC2)n1)N1CCCC1. The van der Waals surface area contributed by atoms with Gasteiger partial charge in [0.1, 0.15) is 5.82 Å². The van der Waals surface area contributed by atoms with E-state index >= 15 is 0 Å². The Morgan fingerprint density at radius 3 is 2.71 bits per heavy atom. The number of amides is 1. The van der Waals surface area contributed by atoms with Crippen LogP contribution in [0.3, 0.4) is 0 Å². The fourth-order valence-corrected chi connectivity index (χ4v) is 3.05. The first-order chi connectivity index (χ1) is 10.1. The van der Waals surface area contributed by atoms with Crippen molar-refractivity contribution >= 4 is 5.91 Å². The van der Waals surface area contributed by atoms with Gasteiger partial charge in [0.2, 0.25) is 5.82 Å². The largest absolute Gasteiger partial charge is 0.348 e. The number of likely N-dealkylation sites (tertiary alicyclic amines) is 1. The van der Waals surface area contributed by atoms with E-state index in [-0.39, 0.29) is 11.7 Å². The zero-order valence-corrected chi connectivity index (χ0v) is 12.9. The van der Waals surface area contributed by atoms with Crippen LogP contribution in [0.25, 0.3) is 0 Å². The lowest BCUT2D eigenvalue weighted by atomic mass is 10.0. The maximum atomic E-state index is 12.2. The summed E-state index contributed by atoms with van der Waals surface area (Å²) < 4.78 is 0. The second-order valence-electron chi connectivity index (χ2n) is 6.58. The minimum atomic E-state index is -0.164. The molecule has 1 aromatic heterocycles. The van der Waals surface area contributed by atoms with E-state index in [1.807, 2.05) is 0 Å². The summed E-state index contributed by atoms with van der Waals surface area (Å²) in [6.45, 7) is 7.39. The molecule has 0 radical (unpaired) electrons. The molecule has 6 nitrogen and oxygen atoms in total. The number of carbonyl (C=O) groups is 1. The number of aromatic nitrogens is 3. The molecule has 1 unspecified atom stereocenters. The first-order valence-corrected chi connectivity index (χ1v) is 8.09. The fraction of sp³-hybridized carbons (Fsp3) is 0.800. The number of H-pyrrole nitrogens is 1. The summed E-state index contributed by atoms with van der Waals surface area (Å²) in [5.41, 5.74) is 0. The number of aromatic amines is 1. The van der Waals surface area contributed by atoms with Gasteiger partial charge in [0.05, 0.1) is 0 Å². The molecule has 2 N–H and O–H groups in total. The molecule has 116 valence electrons. The van der Waals surface area contributed by atoms with E-state index in [4.69, 9.17) is 0 Å². The molecule has 1 atom stereocenters. The highest BCUT2D eigenvalue weighted by molar-refractivity contribution is 5.90. The van der Waals surface area contributed by atoms with Crippen LogP contribution in [0, 0.1) is 5.92 Å². The standard InChI is InChI=1S/C15H25N5O/c1-10(2)12(20-7-3-4-8-20)9-16-15(21)14-17-13(18-19-14)11-5-6-11/h10-12H,3-9H2,1-2H3,(H,16,21)(H,17,18,19). The van der Waals surface area contributed by atoms with Crippen LogP contribution >= 0.6 is 0 Å². The summed E-state index contributed by atoms with van der Waals surface area (Å²) in [6, 6.07) is 0.401. The van der Waals surface area contributed by atoms with Crippen molar-refractivity contribution in [2.24, 2.45) is 5.92 Å². The minimum absolute atomic E-state index is 0.164. The molecule has 21 heavy (non-hydrogen) atoms. The number of hydrogen-bond donors (Lipinski definition) is 2. The van der Waals surface area contributed by atoms with Crippen molar-refractivity contribution in [1.82, 2.24) is 25.4 Å². The number of carbonyl (C=O) groups excluding carboxylic acids is 1. The predicted octanol–water partition coefficient (Wildman–Crippen LogP) is 1.53. The van der Waals surface area contributed by atoms with Crippen LogP contribution in [0.1, 0.15) is 61.9 Å². The Balaban J connectivity index is 1.55. The lowest BCUT2D eigenvalue weighted by Crippen LogP contribution is -2.45. The van der Waals surface area contributed by atoms with Gasteiger partial charge in [-0.15, -0.1) is 5.10 Å². The summed E-state index contributed by atoms with van der Waals surface area (Å²) in [5, 5.41) is 9.92. The van der Waals surface area contributed by atoms with Gasteiger partial charge in [0.25, 0.3) is 5.91 Å². The van der Waals surface area contributed by atoms with Gasteiger partial charge in [-0.25, -0.2) is 4.98 Å². The van der Waals surface area contributed by atoms with E-state index in [0.717, 1.165) is 31.8 Å². The average molecular weight is 291 g/mol. The second kappa shape index (κ2) is 6.13. The highest BCUT2D eigenvalue weighted by Crippen LogP contribution is 2.37. The zero-order chi connectivity index (χ0) is 14.8. The molecule has 6 heteroatoms. The molecule has 1 aliphatic carbocycles. The summed E-state index contributed by atoms with van der Waals surface area (Å²) in [6.07, 6.45) is 4.84. The Kier molecular flexibility index (Phi) is 4.24. The van der Waals surface area contributed by atoms with E-state index < -0.39 is 0 Å². The average Bonchev–Trinajstić information content (AvgIpc) is 2.98. The summed E-state index contributed by atoms with van der Waals surface area (Å²) >= 11 is 0. The summed E-state index contributed by atoms with van der Waals surface area (Å²) in [7, 11) is 0. The van der Waals surface area contributed by atoms with Crippen molar-refractivity contribution in [1.29, 1.82) is 0 Å². The van der Waals surface area contributed by atoms with Gasteiger partial charge >= 0.3 is 0 Å². The molecular weight excluding hydrogens is 266 g/mol. The first kappa shape index (κ1) is 14.5. The van der Waals surface area contributed by atoms with Crippen molar-refractivity contribution < 1.29 is 4.79 Å². The molecule has 0 aromatic carbocycles. The van der Waals surface area contributed by atoms with Crippen LogP contribution in [-0.4, -0.2) is 51.7 Å². The van der Waals surface area contributed by atoms with Crippen LogP contribution in [0.5, 0.6) is 0 Å². The molecule has 0 spiro atoms. The minimum Gasteiger partial charge on any atom is -0.348 e. The predicted molar refractivity (Wildman–Crippen MR) is 80.1 cm³/mol. The van der Waals surface area contributed by atoms with Crippen LogP contribution < -0.4 is 5.32 Å². The van der Waals surface area contributed by atoms with E-state index in [1.54, 1.807) is 0 Å². The molecular formula is C15H25N5O. The number of nitrogens with one attached hydrogen (secondary N) is 2. The number of nitrogens with zero attached hydrogens (tertiary/aromatic N) is 3. The molecule has 1 saturated heterocycles. The number of hydrogen-bond acceptors (Lipinski definition) is 4. The molecule has 0 bridgehead atoms. The molecule has 1 aliphatic heterocycles. The van der Waals surface area contributed by atoms with Gasteiger partial charge in [0.15, 0.2) is 0 Å². The lowest BCUT2D eigenvalue weighted by Gasteiger charge is -2.30. The van der Waals surface area contributed by atoms with Gasteiger partial charge < -0.3 is 5.32 Å². The smallest absolute Gasteiger partial charge is 0.291 e. The Bertz CT molecular complexity index is 488. The van der Waals surface area contributed by atoms with E-state index in [1.165, 1.54) is 12.8 Å². The van der Waals surface area contributed by atoms with E-state index in [0.29, 0.717) is 24.4 Å². The van der Waals surface area contributed by atoms with Crippen LogP contribution in [0.4, 0.5) is 0 Å². The molecule has 1 aromatic rings. The monoisotopic (exact) mass is 291 g/mol. The molecule has 2 fully saturated rings. The maximum Gasteiger partial charge on any atom is 0.291 e. The zero-order valence-electron chi connectivity index (χ0n) is 12.9. The van der Waals surface area contributed by atoms with Crippen molar-refractivity contribution in [3.05, 3.63) is 11.6 Å². The van der Waals surface area contributed by atoms with Crippen molar-refractivity contribution in [2.75, 3.05) is 19.6 Å². The third-order valence-corrected chi connectivity index (χ3v) is 4.52. The van der Waals surface area contributed by atoms with Gasteiger partial charge in [-0.1, -0.05) is 13.8 Å². The Morgan fingerprint density at radius 1 is 1.38 bits per heavy atom. The lowest BCUT2D eigenvalue weighted by molar-refractivity contribution is 0.0917. The molecule has 2 heterocycles. The molecule has 2 aliphatic rings. The molecule has 3 rings (SSSR count). The van der Waals surface area contributed by atoms with E-state index in [2.05, 4.69) is 39.2 Å². The third-order valence-electron chi connectivity index (χ3n) is 4.52. The first-order valence-electron chi connectivity index (χ1n) is 8.09. The normalized spacial score (nSPS) is 20.9. The highest BCUT2D eigenvalue weighted by atomic mass is 16.2. The highest BCUT2D eigenvalue weighted by Gasteiger charge is 2.29. The van der Waals surface area contributed by atoms with Crippen molar-refractivity contribution in [2.45, 2.75) is 51.5 Å². The van der Waals surface area contributed by atoms with Crippen LogP contribution in [0.2, 0.25) is 0 Å². The molecule has 1 amide bonds. The third kappa shape index (κ3) is 3.43. The van der Waals surface area contributed by atoms with Gasteiger partial charge in [-0.2, -0.15) is 0 Å². The van der Waals surface area contributed by atoms with Gasteiger partial charge in [0, 0.05) is 18.5 Å². The fourth-order valence-electron chi connectivity index (χ4n) is 3.05. The van der Waals surface area contributed by atoms with Crippen LogP contribution in [-0.2, 0) is 0 Å². The Morgan fingerprint density at radius 2 is 2.10 bits per heavy atom. The van der Waals surface area contributed by atoms with Crippen molar-refractivity contribution in [3.8, 4) is 0 Å². The van der Waals surface area contributed by atoms with Gasteiger partial charge in [-0.05, 0) is 44.7 Å². The maximum absolute atomic E-state index is 12.2. The van der Waals surface area contributed by atoms with Crippen molar-refractivity contribution in [3.63, 3.8) is 0 Å².